The molecule has 0 spiro atoms. The first-order valence-electron chi connectivity index (χ1n) is 6.53. The molecule has 2 heterocycles. The Morgan fingerprint density at radius 1 is 1.50 bits per heavy atom. The van der Waals surface area contributed by atoms with Gasteiger partial charge in [-0.05, 0) is 30.7 Å². The molecule has 1 aromatic heterocycles. The zero-order chi connectivity index (χ0) is 14.3. The molecule has 1 aliphatic rings. The number of carbonyl (C=O) groups excluding carboxylic acids is 1. The SMILES string of the molecule is Cc1nn(C)c(CC(=O)c2ccc3c(c2)CCO3)c1Cl. The van der Waals surface area contributed by atoms with Gasteiger partial charge in [0.1, 0.15) is 5.75 Å². The Labute approximate surface area is 122 Å². The Bertz CT molecular complexity index is 691. The zero-order valence-electron chi connectivity index (χ0n) is 11.4. The van der Waals surface area contributed by atoms with Gasteiger partial charge in [0, 0.05) is 19.0 Å². The molecule has 0 N–H and O–H groups in total. The fraction of sp³-hybridized carbons (Fsp3) is 0.333. The van der Waals surface area contributed by atoms with Crippen LogP contribution in [-0.2, 0) is 19.9 Å². The Hall–Kier alpha value is -1.81. The molecule has 4 nitrogen and oxygen atoms in total. The van der Waals surface area contributed by atoms with Crippen molar-refractivity contribution in [2.24, 2.45) is 7.05 Å². The highest BCUT2D eigenvalue weighted by Gasteiger charge is 2.18. The summed E-state index contributed by atoms with van der Waals surface area (Å²) in [5.41, 5.74) is 3.30. The summed E-state index contributed by atoms with van der Waals surface area (Å²) in [5, 5.41) is 4.80. The van der Waals surface area contributed by atoms with Crippen LogP contribution in [0.15, 0.2) is 18.2 Å². The quantitative estimate of drug-likeness (QED) is 0.817. The van der Waals surface area contributed by atoms with Crippen LogP contribution >= 0.6 is 11.6 Å². The smallest absolute Gasteiger partial charge is 0.168 e. The summed E-state index contributed by atoms with van der Waals surface area (Å²) in [6.07, 6.45) is 1.12. The summed E-state index contributed by atoms with van der Waals surface area (Å²) in [5.74, 6) is 0.931. The van der Waals surface area contributed by atoms with Gasteiger partial charge in [0.15, 0.2) is 5.78 Å². The minimum atomic E-state index is 0.0459. The molecule has 0 bridgehead atoms. The van der Waals surface area contributed by atoms with E-state index in [1.165, 1.54) is 0 Å². The van der Waals surface area contributed by atoms with Gasteiger partial charge >= 0.3 is 0 Å². The molecule has 1 aliphatic heterocycles. The number of halogens is 1. The number of rotatable bonds is 3. The van der Waals surface area contributed by atoms with Crippen molar-refractivity contribution in [3.63, 3.8) is 0 Å². The van der Waals surface area contributed by atoms with E-state index in [0.29, 0.717) is 17.2 Å². The average Bonchev–Trinajstić information content (AvgIpc) is 2.98. The van der Waals surface area contributed by atoms with Crippen molar-refractivity contribution in [3.8, 4) is 5.75 Å². The lowest BCUT2D eigenvalue weighted by Crippen LogP contribution is -2.08. The van der Waals surface area contributed by atoms with Gasteiger partial charge in [0.25, 0.3) is 0 Å². The second kappa shape index (κ2) is 4.94. The molecule has 1 aromatic carbocycles. The third kappa shape index (κ3) is 2.20. The van der Waals surface area contributed by atoms with Crippen molar-refractivity contribution in [3.05, 3.63) is 45.7 Å². The number of ether oxygens (including phenoxy) is 1. The van der Waals surface area contributed by atoms with Gasteiger partial charge in [-0.1, -0.05) is 11.6 Å². The molecular formula is C15H15ClN2O2. The molecule has 0 saturated carbocycles. The molecule has 0 saturated heterocycles. The largest absolute Gasteiger partial charge is 0.493 e. The molecule has 20 heavy (non-hydrogen) atoms. The van der Waals surface area contributed by atoms with Crippen LogP contribution in [0.2, 0.25) is 5.02 Å². The van der Waals surface area contributed by atoms with Gasteiger partial charge in [-0.15, -0.1) is 0 Å². The Morgan fingerprint density at radius 3 is 3.00 bits per heavy atom. The van der Waals surface area contributed by atoms with Gasteiger partial charge in [-0.2, -0.15) is 5.10 Å². The number of hydrogen-bond donors (Lipinski definition) is 0. The lowest BCUT2D eigenvalue weighted by Gasteiger charge is -2.05. The maximum atomic E-state index is 12.4. The van der Waals surface area contributed by atoms with Crippen LogP contribution in [0.3, 0.4) is 0 Å². The number of ketones is 1. The highest BCUT2D eigenvalue weighted by molar-refractivity contribution is 6.32. The number of fused-ring (bicyclic) bond motifs is 1. The van der Waals surface area contributed by atoms with Crippen LogP contribution in [0.25, 0.3) is 0 Å². The van der Waals surface area contributed by atoms with Gasteiger partial charge < -0.3 is 4.74 Å². The van der Waals surface area contributed by atoms with Crippen LogP contribution in [0.4, 0.5) is 0 Å². The van der Waals surface area contributed by atoms with E-state index in [4.69, 9.17) is 16.3 Å². The third-order valence-corrected chi connectivity index (χ3v) is 4.09. The molecule has 0 unspecified atom stereocenters. The number of Topliss-reactive ketones (excluding diaryl/α,β-unsaturated/α-hetero) is 1. The molecule has 0 fully saturated rings. The Balaban J connectivity index is 1.86. The fourth-order valence-electron chi connectivity index (χ4n) is 2.49. The van der Waals surface area contributed by atoms with Crippen LogP contribution in [-0.4, -0.2) is 22.2 Å². The minimum Gasteiger partial charge on any atom is -0.493 e. The van der Waals surface area contributed by atoms with Crippen LogP contribution in [0.1, 0.15) is 27.3 Å². The number of aromatic nitrogens is 2. The zero-order valence-corrected chi connectivity index (χ0v) is 12.2. The fourth-order valence-corrected chi connectivity index (χ4v) is 2.71. The van der Waals surface area contributed by atoms with Gasteiger partial charge in [0.05, 0.1) is 29.4 Å². The van der Waals surface area contributed by atoms with Crippen molar-refractivity contribution < 1.29 is 9.53 Å². The summed E-state index contributed by atoms with van der Waals surface area (Å²) in [7, 11) is 1.80. The normalized spacial score (nSPS) is 13.2. The molecule has 0 radical (unpaired) electrons. The number of aryl methyl sites for hydroxylation is 2. The van der Waals surface area contributed by atoms with Crippen molar-refractivity contribution >= 4 is 17.4 Å². The highest BCUT2D eigenvalue weighted by Crippen LogP contribution is 2.27. The second-order valence-corrected chi connectivity index (χ2v) is 5.37. The maximum Gasteiger partial charge on any atom is 0.168 e. The van der Waals surface area contributed by atoms with Gasteiger partial charge in [-0.25, -0.2) is 0 Å². The summed E-state index contributed by atoms with van der Waals surface area (Å²) >= 11 is 6.18. The topological polar surface area (TPSA) is 44.1 Å². The van der Waals surface area contributed by atoms with Crippen molar-refractivity contribution in [2.75, 3.05) is 6.61 Å². The Kier molecular flexibility index (Phi) is 3.26. The van der Waals surface area contributed by atoms with E-state index in [1.807, 2.05) is 25.1 Å². The number of carbonyl (C=O) groups is 1. The first-order valence-corrected chi connectivity index (χ1v) is 6.91. The molecule has 0 atom stereocenters. The van der Waals surface area contributed by atoms with Crippen LogP contribution < -0.4 is 4.74 Å². The lowest BCUT2D eigenvalue weighted by atomic mass is 10.0. The minimum absolute atomic E-state index is 0.0459. The summed E-state index contributed by atoms with van der Waals surface area (Å²) in [4.78, 5) is 12.4. The highest BCUT2D eigenvalue weighted by atomic mass is 35.5. The number of benzene rings is 1. The molecule has 2 aromatic rings. The van der Waals surface area contributed by atoms with E-state index in [-0.39, 0.29) is 12.2 Å². The van der Waals surface area contributed by atoms with Gasteiger partial charge in [-0.3, -0.25) is 9.48 Å². The van der Waals surface area contributed by atoms with Crippen molar-refractivity contribution in [1.29, 1.82) is 0 Å². The van der Waals surface area contributed by atoms with Crippen LogP contribution in [0, 0.1) is 6.92 Å². The summed E-state index contributed by atoms with van der Waals surface area (Å²) in [6, 6.07) is 5.59. The molecule has 0 aliphatic carbocycles. The van der Waals surface area contributed by atoms with E-state index in [1.54, 1.807) is 11.7 Å². The van der Waals surface area contributed by atoms with E-state index in [2.05, 4.69) is 5.10 Å². The number of hydrogen-bond acceptors (Lipinski definition) is 3. The van der Waals surface area contributed by atoms with E-state index in [9.17, 15) is 4.79 Å². The standard InChI is InChI=1S/C15H15ClN2O2/c1-9-15(16)12(18(2)17-9)8-13(19)10-3-4-14-11(7-10)5-6-20-14/h3-4,7H,5-6,8H2,1-2H3. The summed E-state index contributed by atoms with van der Waals surface area (Å²) < 4.78 is 7.12. The predicted octanol–water partition coefficient (Wildman–Crippen LogP) is 2.74. The second-order valence-electron chi connectivity index (χ2n) is 4.99. The van der Waals surface area contributed by atoms with Gasteiger partial charge in [0.2, 0.25) is 0 Å². The molecular weight excluding hydrogens is 276 g/mol. The maximum absolute atomic E-state index is 12.4. The lowest BCUT2D eigenvalue weighted by molar-refractivity contribution is 0.0990. The van der Waals surface area contributed by atoms with E-state index in [0.717, 1.165) is 29.1 Å². The first-order chi connectivity index (χ1) is 9.56. The van der Waals surface area contributed by atoms with Crippen molar-refractivity contribution in [2.45, 2.75) is 19.8 Å². The Morgan fingerprint density at radius 2 is 2.30 bits per heavy atom. The summed E-state index contributed by atoms with van der Waals surface area (Å²) in [6.45, 7) is 2.53. The van der Waals surface area contributed by atoms with Crippen molar-refractivity contribution in [1.82, 2.24) is 9.78 Å². The molecule has 3 rings (SSSR count). The number of nitrogens with zero attached hydrogens (tertiary/aromatic N) is 2. The first kappa shape index (κ1) is 13.2. The molecule has 0 amide bonds. The predicted molar refractivity (Wildman–Crippen MR) is 76.6 cm³/mol. The van der Waals surface area contributed by atoms with Crippen LogP contribution in [0.5, 0.6) is 5.75 Å². The van der Waals surface area contributed by atoms with E-state index < -0.39 is 0 Å². The monoisotopic (exact) mass is 290 g/mol. The van der Waals surface area contributed by atoms with E-state index >= 15 is 0 Å². The third-order valence-electron chi connectivity index (χ3n) is 3.60. The average molecular weight is 291 g/mol. The molecule has 104 valence electrons. The molecule has 5 heteroatoms.